The molecule has 6 heteroatoms. The summed E-state index contributed by atoms with van der Waals surface area (Å²) in [6.45, 7) is 2.45. The van der Waals surface area contributed by atoms with E-state index in [0.29, 0.717) is 12.2 Å². The highest BCUT2D eigenvalue weighted by Gasteiger charge is 2.30. The molecular formula is C28H23N3O3. The molecule has 4 aromatic carbocycles. The first-order valence-electron chi connectivity index (χ1n) is 11.0. The molecule has 5 rings (SSSR count). The van der Waals surface area contributed by atoms with Crippen molar-refractivity contribution in [3.05, 3.63) is 107 Å². The fourth-order valence-electron chi connectivity index (χ4n) is 3.99. The number of rotatable bonds is 7. The molecule has 4 aromatic rings. The number of hydrogen-bond donors (Lipinski definition) is 1. The van der Waals surface area contributed by atoms with Crippen LogP contribution in [0.1, 0.15) is 27.0 Å². The lowest BCUT2D eigenvalue weighted by atomic mass is 10.1. The van der Waals surface area contributed by atoms with Crippen LogP contribution < -0.4 is 15.1 Å². The van der Waals surface area contributed by atoms with Gasteiger partial charge in [-0.05, 0) is 59.8 Å². The van der Waals surface area contributed by atoms with E-state index in [-0.39, 0.29) is 18.4 Å². The van der Waals surface area contributed by atoms with Gasteiger partial charge in [-0.1, -0.05) is 54.1 Å². The zero-order valence-corrected chi connectivity index (χ0v) is 18.7. The van der Waals surface area contributed by atoms with Gasteiger partial charge >= 0.3 is 0 Å². The smallest absolute Gasteiger partial charge is 0.260 e. The Labute approximate surface area is 197 Å². The van der Waals surface area contributed by atoms with Crippen LogP contribution in [0.3, 0.4) is 0 Å². The van der Waals surface area contributed by atoms with E-state index >= 15 is 0 Å². The summed E-state index contributed by atoms with van der Waals surface area (Å²) in [5.41, 5.74) is 7.02. The lowest BCUT2D eigenvalue weighted by Gasteiger charge is -2.16. The fourth-order valence-corrected chi connectivity index (χ4v) is 3.99. The maximum absolute atomic E-state index is 12.8. The van der Waals surface area contributed by atoms with Crippen LogP contribution >= 0.6 is 0 Å². The molecule has 6 nitrogen and oxygen atoms in total. The first-order chi connectivity index (χ1) is 16.6. The van der Waals surface area contributed by atoms with Crippen molar-refractivity contribution >= 4 is 34.5 Å². The molecule has 0 unspecified atom stereocenters. The van der Waals surface area contributed by atoms with Crippen LogP contribution in [-0.4, -0.2) is 24.6 Å². The minimum absolute atomic E-state index is 0.101. The number of aryl methyl sites for hydroxylation is 1. The monoisotopic (exact) mass is 449 g/mol. The summed E-state index contributed by atoms with van der Waals surface area (Å²) in [6, 6.07) is 27.0. The highest BCUT2D eigenvalue weighted by molar-refractivity contribution is 6.26. The Balaban J connectivity index is 1.16. The molecule has 0 saturated heterocycles. The fraction of sp³-hybridized carbons (Fsp3) is 0.107. The van der Waals surface area contributed by atoms with Crippen LogP contribution in [-0.2, 0) is 11.4 Å². The first-order valence-corrected chi connectivity index (χ1v) is 11.0. The SMILES string of the molecule is Cc1ccc(COc2ccc(/C=N\NC(=O)CN3C(=O)c4cccc5cccc3c45)cc2)cc1. The topological polar surface area (TPSA) is 71.0 Å². The van der Waals surface area contributed by atoms with E-state index in [2.05, 4.69) is 29.6 Å². The van der Waals surface area contributed by atoms with Gasteiger partial charge in [-0.15, -0.1) is 0 Å². The van der Waals surface area contributed by atoms with Crippen LogP contribution in [0.25, 0.3) is 10.8 Å². The van der Waals surface area contributed by atoms with Gasteiger partial charge in [-0.25, -0.2) is 5.43 Å². The number of nitrogens with one attached hydrogen (secondary N) is 1. The largest absolute Gasteiger partial charge is 0.489 e. The molecule has 1 N–H and O–H groups in total. The predicted octanol–water partition coefficient (Wildman–Crippen LogP) is 4.84. The summed E-state index contributed by atoms with van der Waals surface area (Å²) < 4.78 is 5.81. The van der Waals surface area contributed by atoms with Gasteiger partial charge in [0.05, 0.1) is 11.9 Å². The van der Waals surface area contributed by atoms with E-state index in [0.717, 1.165) is 33.3 Å². The maximum atomic E-state index is 12.8. The number of carbonyl (C=O) groups excluding carboxylic acids is 2. The molecule has 0 saturated carbocycles. The Hall–Kier alpha value is -4.45. The molecule has 0 radical (unpaired) electrons. The van der Waals surface area contributed by atoms with Crippen molar-refractivity contribution < 1.29 is 14.3 Å². The second kappa shape index (κ2) is 9.19. The van der Waals surface area contributed by atoms with E-state index in [1.807, 2.05) is 66.7 Å². The van der Waals surface area contributed by atoms with Gasteiger partial charge in [0.25, 0.3) is 11.8 Å². The van der Waals surface area contributed by atoms with Crippen molar-refractivity contribution in [2.45, 2.75) is 13.5 Å². The summed E-state index contributed by atoms with van der Waals surface area (Å²) in [6.07, 6.45) is 1.56. The third kappa shape index (κ3) is 4.38. The molecule has 168 valence electrons. The van der Waals surface area contributed by atoms with Crippen molar-refractivity contribution in [2.75, 3.05) is 11.4 Å². The minimum atomic E-state index is -0.368. The maximum Gasteiger partial charge on any atom is 0.260 e. The third-order valence-corrected chi connectivity index (χ3v) is 5.76. The van der Waals surface area contributed by atoms with Crippen molar-refractivity contribution in [2.24, 2.45) is 5.10 Å². The zero-order valence-electron chi connectivity index (χ0n) is 18.7. The second-order valence-electron chi connectivity index (χ2n) is 8.21. The van der Waals surface area contributed by atoms with Crippen LogP contribution in [0.15, 0.2) is 90.0 Å². The molecule has 0 aliphatic carbocycles. The molecule has 0 atom stereocenters. The average molecular weight is 450 g/mol. The lowest BCUT2D eigenvalue weighted by molar-refractivity contribution is -0.119. The highest BCUT2D eigenvalue weighted by Crippen LogP contribution is 2.36. The molecule has 0 spiro atoms. The van der Waals surface area contributed by atoms with Gasteiger partial charge in [0.15, 0.2) is 0 Å². The van der Waals surface area contributed by atoms with E-state index < -0.39 is 0 Å². The average Bonchev–Trinajstić information content (AvgIpc) is 3.12. The van der Waals surface area contributed by atoms with E-state index in [4.69, 9.17) is 4.74 Å². The summed E-state index contributed by atoms with van der Waals surface area (Å²) >= 11 is 0. The van der Waals surface area contributed by atoms with Crippen LogP contribution in [0.2, 0.25) is 0 Å². The van der Waals surface area contributed by atoms with Gasteiger partial charge in [0.1, 0.15) is 18.9 Å². The molecule has 1 heterocycles. The summed E-state index contributed by atoms with van der Waals surface area (Å²) in [5.74, 6) is 0.211. The van der Waals surface area contributed by atoms with Gasteiger partial charge in [0.2, 0.25) is 0 Å². The first kappa shape index (κ1) is 21.4. The lowest BCUT2D eigenvalue weighted by Crippen LogP contribution is -2.37. The number of nitrogens with zero attached hydrogens (tertiary/aromatic N) is 2. The van der Waals surface area contributed by atoms with E-state index in [1.165, 1.54) is 10.5 Å². The van der Waals surface area contributed by atoms with Gasteiger partial charge in [-0.3, -0.25) is 14.5 Å². The quantitative estimate of drug-likeness (QED) is 0.324. The molecular weight excluding hydrogens is 426 g/mol. The molecule has 1 aliphatic rings. The molecule has 2 amide bonds. The zero-order chi connectivity index (χ0) is 23.5. The standard InChI is InChI=1S/C28H23N3O3/c1-19-8-10-21(11-9-19)18-34-23-14-12-20(13-15-23)16-29-30-26(32)17-31-25-7-3-5-22-4-2-6-24(27(22)25)28(31)33/h2-16H,17-18H2,1H3,(H,30,32)/b29-16-. The number of anilines is 1. The molecule has 0 fully saturated rings. The van der Waals surface area contributed by atoms with Crippen LogP contribution in [0.4, 0.5) is 5.69 Å². The Bertz CT molecular complexity index is 1390. The molecule has 0 aromatic heterocycles. The number of hydrazone groups is 1. The summed E-state index contributed by atoms with van der Waals surface area (Å²) in [7, 11) is 0. The molecule has 34 heavy (non-hydrogen) atoms. The molecule has 1 aliphatic heterocycles. The van der Waals surface area contributed by atoms with Crippen molar-refractivity contribution in [1.82, 2.24) is 5.43 Å². The molecule has 0 bridgehead atoms. The Kier molecular flexibility index (Phi) is 5.79. The van der Waals surface area contributed by atoms with Gasteiger partial charge in [0, 0.05) is 10.9 Å². The summed E-state index contributed by atoms with van der Waals surface area (Å²) in [4.78, 5) is 26.7. The number of benzene rings is 4. The number of ether oxygens (including phenoxy) is 1. The van der Waals surface area contributed by atoms with E-state index in [1.54, 1.807) is 12.3 Å². The minimum Gasteiger partial charge on any atom is -0.489 e. The normalized spacial score (nSPS) is 12.5. The van der Waals surface area contributed by atoms with Gasteiger partial charge in [-0.2, -0.15) is 5.10 Å². The predicted molar refractivity (Wildman–Crippen MR) is 133 cm³/mol. The summed E-state index contributed by atoms with van der Waals surface area (Å²) in [5, 5.41) is 5.90. The highest BCUT2D eigenvalue weighted by atomic mass is 16.5. The number of hydrogen-bond acceptors (Lipinski definition) is 4. The van der Waals surface area contributed by atoms with Crippen molar-refractivity contribution in [3.8, 4) is 5.75 Å². The number of amides is 2. The van der Waals surface area contributed by atoms with Crippen LogP contribution in [0, 0.1) is 6.92 Å². The second-order valence-corrected chi connectivity index (χ2v) is 8.21. The van der Waals surface area contributed by atoms with Crippen molar-refractivity contribution in [3.63, 3.8) is 0 Å². The van der Waals surface area contributed by atoms with E-state index in [9.17, 15) is 9.59 Å². The number of carbonyl (C=O) groups is 2. The Morgan fingerprint density at radius 2 is 1.71 bits per heavy atom. The Morgan fingerprint density at radius 3 is 2.47 bits per heavy atom. The van der Waals surface area contributed by atoms with Crippen molar-refractivity contribution in [1.29, 1.82) is 0 Å². The van der Waals surface area contributed by atoms with Gasteiger partial charge < -0.3 is 4.74 Å². The third-order valence-electron chi connectivity index (χ3n) is 5.76. The Morgan fingerprint density at radius 1 is 0.971 bits per heavy atom. The van der Waals surface area contributed by atoms with Crippen LogP contribution in [0.5, 0.6) is 5.75 Å².